The molecule has 188 valence electrons. The van der Waals surface area contributed by atoms with E-state index in [9.17, 15) is 0 Å². The van der Waals surface area contributed by atoms with Gasteiger partial charge in [0.2, 0.25) is 0 Å². The molecule has 6 rings (SSSR count). The first-order chi connectivity index (χ1) is 18.2. The van der Waals surface area contributed by atoms with Crippen LogP contribution in [0.1, 0.15) is 23.7 Å². The molecule has 2 aliphatic heterocycles. The number of benzene rings is 4. The number of rotatable bonds is 6. The molecule has 37 heavy (non-hydrogen) atoms. The second-order valence-electron chi connectivity index (χ2n) is 9.38. The maximum absolute atomic E-state index is 6.13. The number of hydrogen-bond donors (Lipinski definition) is 0. The van der Waals surface area contributed by atoms with Crippen LogP contribution in [-0.2, 0) is 18.9 Å². The van der Waals surface area contributed by atoms with Crippen molar-refractivity contribution >= 4 is 0 Å². The Balaban J connectivity index is 1.04. The molecule has 0 N–H and O–H groups in total. The molecule has 2 saturated heterocycles. The summed E-state index contributed by atoms with van der Waals surface area (Å²) in [6, 6.07) is 35.0. The highest BCUT2D eigenvalue weighted by atomic mass is 16.7. The van der Waals surface area contributed by atoms with Crippen molar-refractivity contribution in [2.24, 2.45) is 5.41 Å². The maximum atomic E-state index is 6.13. The molecule has 2 aliphatic rings. The predicted octanol–water partition coefficient (Wildman–Crippen LogP) is 7.05. The molecular formula is C31H28O6. The van der Waals surface area contributed by atoms with Gasteiger partial charge in [0.1, 0.15) is 23.0 Å². The summed E-state index contributed by atoms with van der Waals surface area (Å²) in [6.07, 6.45) is -0.927. The molecule has 4 aromatic rings. The van der Waals surface area contributed by atoms with E-state index in [2.05, 4.69) is 0 Å². The normalized spacial score (nSPS) is 23.5. The van der Waals surface area contributed by atoms with Crippen LogP contribution in [-0.4, -0.2) is 26.4 Å². The van der Waals surface area contributed by atoms with Crippen LogP contribution in [0.25, 0.3) is 0 Å². The van der Waals surface area contributed by atoms with Crippen molar-refractivity contribution in [2.75, 3.05) is 26.4 Å². The maximum Gasteiger partial charge on any atom is 0.183 e. The van der Waals surface area contributed by atoms with E-state index in [1.54, 1.807) is 0 Å². The molecule has 0 amide bonds. The van der Waals surface area contributed by atoms with Crippen molar-refractivity contribution < 1.29 is 28.4 Å². The second-order valence-corrected chi connectivity index (χ2v) is 9.38. The fraction of sp³-hybridized carbons (Fsp3) is 0.226. The van der Waals surface area contributed by atoms with Crippen LogP contribution in [0.5, 0.6) is 23.0 Å². The van der Waals surface area contributed by atoms with Crippen LogP contribution in [0.2, 0.25) is 0 Å². The molecule has 4 aromatic carbocycles. The van der Waals surface area contributed by atoms with E-state index < -0.39 is 12.6 Å². The Morgan fingerprint density at radius 3 is 1.24 bits per heavy atom. The molecule has 0 aliphatic carbocycles. The van der Waals surface area contributed by atoms with E-state index in [-0.39, 0.29) is 5.41 Å². The van der Waals surface area contributed by atoms with Crippen molar-refractivity contribution in [1.29, 1.82) is 0 Å². The molecule has 0 unspecified atom stereocenters. The third kappa shape index (κ3) is 5.68. The third-order valence-electron chi connectivity index (χ3n) is 6.38. The lowest BCUT2D eigenvalue weighted by molar-refractivity contribution is -0.307. The Bertz CT molecular complexity index is 1190. The minimum Gasteiger partial charge on any atom is -0.457 e. The van der Waals surface area contributed by atoms with E-state index in [1.165, 1.54) is 0 Å². The first-order valence-corrected chi connectivity index (χ1v) is 12.4. The summed E-state index contributed by atoms with van der Waals surface area (Å²) in [7, 11) is 0. The van der Waals surface area contributed by atoms with Gasteiger partial charge in [-0.05, 0) is 48.5 Å². The van der Waals surface area contributed by atoms with E-state index in [0.29, 0.717) is 26.4 Å². The lowest BCUT2D eigenvalue weighted by Crippen LogP contribution is -2.49. The summed E-state index contributed by atoms with van der Waals surface area (Å²) < 4.78 is 36.4. The number of ether oxygens (including phenoxy) is 6. The fourth-order valence-corrected chi connectivity index (χ4v) is 4.44. The zero-order valence-electron chi connectivity index (χ0n) is 20.3. The van der Waals surface area contributed by atoms with Crippen LogP contribution in [0, 0.1) is 5.41 Å². The molecule has 0 aromatic heterocycles. The molecule has 2 heterocycles. The fourth-order valence-electron chi connectivity index (χ4n) is 4.44. The van der Waals surface area contributed by atoms with Gasteiger partial charge >= 0.3 is 0 Å². The van der Waals surface area contributed by atoms with Crippen LogP contribution < -0.4 is 9.47 Å². The first-order valence-electron chi connectivity index (χ1n) is 12.4. The molecule has 0 atom stereocenters. The van der Waals surface area contributed by atoms with Crippen molar-refractivity contribution in [3.8, 4) is 23.0 Å². The third-order valence-corrected chi connectivity index (χ3v) is 6.38. The van der Waals surface area contributed by atoms with Gasteiger partial charge in [0, 0.05) is 11.1 Å². The summed E-state index contributed by atoms with van der Waals surface area (Å²) in [4.78, 5) is 0. The smallest absolute Gasteiger partial charge is 0.183 e. The minimum atomic E-state index is -0.463. The van der Waals surface area contributed by atoms with Gasteiger partial charge in [0.15, 0.2) is 12.6 Å². The van der Waals surface area contributed by atoms with Crippen LogP contribution in [0.15, 0.2) is 109 Å². The highest BCUT2D eigenvalue weighted by molar-refractivity contribution is 5.35. The summed E-state index contributed by atoms with van der Waals surface area (Å²) in [5.74, 6) is 3.04. The lowest BCUT2D eigenvalue weighted by atomic mass is 9.90. The zero-order valence-corrected chi connectivity index (χ0v) is 20.3. The van der Waals surface area contributed by atoms with Crippen molar-refractivity contribution in [2.45, 2.75) is 12.6 Å². The van der Waals surface area contributed by atoms with Crippen molar-refractivity contribution in [3.63, 3.8) is 0 Å². The molecule has 2 fully saturated rings. The SMILES string of the molecule is c1ccc(Oc2cccc(C3OCC4(CO3)COC(c3cccc(Oc5ccccc5)c3)OC4)c2)cc1. The van der Waals surface area contributed by atoms with Gasteiger partial charge < -0.3 is 28.4 Å². The standard InChI is InChI=1S/C31H28O6/c1-3-11-25(12-4-1)36-27-15-7-9-23(17-27)29-32-19-31(20-33-29)21-34-30(35-22-31)24-10-8-16-28(18-24)37-26-13-5-2-6-14-26/h1-18,29-30H,19-22H2. The molecule has 0 saturated carbocycles. The Labute approximate surface area is 216 Å². The average molecular weight is 497 g/mol. The van der Waals surface area contributed by atoms with Crippen LogP contribution in [0.4, 0.5) is 0 Å². The Morgan fingerprint density at radius 2 is 0.838 bits per heavy atom. The Morgan fingerprint density at radius 1 is 0.459 bits per heavy atom. The van der Waals surface area contributed by atoms with E-state index in [1.807, 2.05) is 109 Å². The van der Waals surface area contributed by atoms with Crippen LogP contribution in [0.3, 0.4) is 0 Å². The highest BCUT2D eigenvalue weighted by Gasteiger charge is 2.42. The van der Waals surface area contributed by atoms with Crippen LogP contribution >= 0.6 is 0 Å². The van der Waals surface area contributed by atoms with Gasteiger partial charge in [-0.25, -0.2) is 0 Å². The summed E-state index contributed by atoms with van der Waals surface area (Å²) >= 11 is 0. The van der Waals surface area contributed by atoms with Gasteiger partial charge in [-0.15, -0.1) is 0 Å². The van der Waals surface area contributed by atoms with Gasteiger partial charge in [-0.3, -0.25) is 0 Å². The highest BCUT2D eigenvalue weighted by Crippen LogP contribution is 2.39. The topological polar surface area (TPSA) is 55.4 Å². The van der Waals surface area contributed by atoms with Gasteiger partial charge in [-0.2, -0.15) is 0 Å². The number of para-hydroxylation sites is 2. The van der Waals surface area contributed by atoms with Crippen molar-refractivity contribution in [1.82, 2.24) is 0 Å². The first kappa shape index (κ1) is 23.7. The summed E-state index contributed by atoms with van der Waals surface area (Å²) in [5, 5.41) is 0. The van der Waals surface area contributed by atoms with Gasteiger partial charge in [-0.1, -0.05) is 60.7 Å². The number of hydrogen-bond acceptors (Lipinski definition) is 6. The van der Waals surface area contributed by atoms with Crippen molar-refractivity contribution in [3.05, 3.63) is 120 Å². The quantitative estimate of drug-likeness (QED) is 0.285. The monoisotopic (exact) mass is 496 g/mol. The molecular weight excluding hydrogens is 468 g/mol. The molecule has 6 nitrogen and oxygen atoms in total. The lowest BCUT2D eigenvalue weighted by Gasteiger charge is -2.43. The van der Waals surface area contributed by atoms with E-state index >= 15 is 0 Å². The molecule has 0 radical (unpaired) electrons. The average Bonchev–Trinajstić information content (AvgIpc) is 2.95. The zero-order chi connectivity index (χ0) is 24.9. The second kappa shape index (κ2) is 10.7. The predicted molar refractivity (Wildman–Crippen MR) is 138 cm³/mol. The Kier molecular flexibility index (Phi) is 6.88. The van der Waals surface area contributed by atoms with Gasteiger partial charge in [0.05, 0.1) is 31.8 Å². The molecule has 1 spiro atoms. The Hall–Kier alpha value is -3.68. The van der Waals surface area contributed by atoms with E-state index in [0.717, 1.165) is 34.1 Å². The van der Waals surface area contributed by atoms with E-state index in [4.69, 9.17) is 28.4 Å². The molecule has 6 heteroatoms. The molecule has 0 bridgehead atoms. The minimum absolute atomic E-state index is 0.344. The largest absolute Gasteiger partial charge is 0.457 e. The summed E-state index contributed by atoms with van der Waals surface area (Å²) in [6.45, 7) is 1.91. The summed E-state index contributed by atoms with van der Waals surface area (Å²) in [5.41, 5.74) is 1.48. The van der Waals surface area contributed by atoms with Gasteiger partial charge in [0.25, 0.3) is 0 Å².